The van der Waals surface area contributed by atoms with Crippen LogP contribution in [0.3, 0.4) is 0 Å². The van der Waals surface area contributed by atoms with Crippen molar-refractivity contribution in [1.29, 1.82) is 0 Å². The Labute approximate surface area is 96.8 Å². The highest BCUT2D eigenvalue weighted by molar-refractivity contribution is 5.40. The number of rotatable bonds is 0. The maximum Gasteiger partial charge on any atom is 0.117 e. The average molecular weight is 214 g/mol. The molecule has 3 rings (SSSR count). The molecule has 84 valence electrons. The summed E-state index contributed by atoms with van der Waals surface area (Å²) in [6.45, 7) is 8.94. The molecule has 0 saturated carbocycles. The summed E-state index contributed by atoms with van der Waals surface area (Å²) in [4.78, 5) is 0. The van der Waals surface area contributed by atoms with Crippen LogP contribution < -0.4 is 0 Å². The predicted molar refractivity (Wildman–Crippen MR) is 65.3 cm³/mol. The average Bonchev–Trinajstić information content (AvgIpc) is 2.61. The van der Waals surface area contributed by atoms with Crippen molar-refractivity contribution in [1.82, 2.24) is 0 Å². The number of furan rings is 1. The molecule has 0 aromatic carbocycles. The molecule has 0 fully saturated rings. The number of allylic oxidation sites excluding steroid dienone is 3. The van der Waals surface area contributed by atoms with Gasteiger partial charge < -0.3 is 4.42 Å². The first kappa shape index (κ1) is 9.95. The van der Waals surface area contributed by atoms with Crippen LogP contribution in [0, 0.1) is 11.3 Å². The lowest BCUT2D eigenvalue weighted by atomic mass is 9.66. The van der Waals surface area contributed by atoms with Crippen molar-refractivity contribution in [2.75, 3.05) is 0 Å². The minimum Gasteiger partial charge on any atom is -0.468 e. The Morgan fingerprint density at radius 1 is 1.44 bits per heavy atom. The summed E-state index contributed by atoms with van der Waals surface area (Å²) >= 11 is 0. The topological polar surface area (TPSA) is 13.1 Å². The molecule has 2 unspecified atom stereocenters. The summed E-state index contributed by atoms with van der Waals surface area (Å²) in [6, 6.07) is 2.12. The number of aryl methyl sites for hydroxylation is 1. The second kappa shape index (κ2) is 3.13. The van der Waals surface area contributed by atoms with E-state index in [0.29, 0.717) is 11.8 Å². The molecule has 16 heavy (non-hydrogen) atoms. The first-order valence-electron chi connectivity index (χ1n) is 6.04. The zero-order chi connectivity index (χ0) is 11.3. The van der Waals surface area contributed by atoms with E-state index in [2.05, 4.69) is 38.6 Å². The van der Waals surface area contributed by atoms with Gasteiger partial charge in [0.25, 0.3) is 0 Å². The normalized spacial score (nSPS) is 31.0. The van der Waals surface area contributed by atoms with Crippen LogP contribution in [0.5, 0.6) is 0 Å². The molecule has 1 aromatic rings. The van der Waals surface area contributed by atoms with Gasteiger partial charge in [0.1, 0.15) is 5.76 Å². The predicted octanol–water partition coefficient (Wildman–Crippen LogP) is 4.08. The van der Waals surface area contributed by atoms with Crippen molar-refractivity contribution in [3.63, 3.8) is 0 Å². The summed E-state index contributed by atoms with van der Waals surface area (Å²) in [6.07, 6.45) is 8.74. The summed E-state index contributed by atoms with van der Waals surface area (Å²) in [5.74, 6) is 2.02. The minimum absolute atomic E-state index is 0.247. The summed E-state index contributed by atoms with van der Waals surface area (Å²) < 4.78 is 5.65. The van der Waals surface area contributed by atoms with Crippen molar-refractivity contribution in [3.8, 4) is 0 Å². The van der Waals surface area contributed by atoms with Crippen molar-refractivity contribution in [2.24, 2.45) is 11.3 Å². The van der Waals surface area contributed by atoms with Gasteiger partial charge in [-0.3, -0.25) is 0 Å². The molecule has 2 bridgehead atoms. The zero-order valence-corrected chi connectivity index (χ0v) is 9.99. The fraction of sp³-hybridized carbons (Fsp3) is 0.467. The van der Waals surface area contributed by atoms with E-state index in [-0.39, 0.29) is 5.41 Å². The van der Waals surface area contributed by atoms with Gasteiger partial charge in [-0.05, 0) is 35.8 Å². The molecule has 1 heterocycles. The third-order valence-electron chi connectivity index (χ3n) is 4.23. The van der Waals surface area contributed by atoms with E-state index in [1.54, 1.807) is 0 Å². The van der Waals surface area contributed by atoms with Gasteiger partial charge in [0, 0.05) is 0 Å². The van der Waals surface area contributed by atoms with Crippen molar-refractivity contribution < 1.29 is 4.42 Å². The van der Waals surface area contributed by atoms with Gasteiger partial charge in [-0.1, -0.05) is 38.2 Å². The lowest BCUT2D eigenvalue weighted by Crippen LogP contribution is -2.28. The maximum atomic E-state index is 5.65. The van der Waals surface area contributed by atoms with E-state index in [0.717, 1.165) is 12.2 Å². The van der Waals surface area contributed by atoms with Crippen LogP contribution in [-0.4, -0.2) is 0 Å². The van der Waals surface area contributed by atoms with E-state index in [1.165, 1.54) is 17.6 Å². The summed E-state index contributed by atoms with van der Waals surface area (Å²) in [7, 11) is 0. The van der Waals surface area contributed by atoms with Crippen LogP contribution in [0.2, 0.25) is 0 Å². The monoisotopic (exact) mass is 214 g/mol. The molecule has 0 radical (unpaired) electrons. The highest BCUT2D eigenvalue weighted by atomic mass is 16.3. The Kier molecular flexibility index (Phi) is 1.95. The van der Waals surface area contributed by atoms with E-state index >= 15 is 0 Å². The number of hydrogen-bond donors (Lipinski definition) is 0. The van der Waals surface area contributed by atoms with Crippen LogP contribution in [0.25, 0.3) is 0 Å². The largest absolute Gasteiger partial charge is 0.468 e. The van der Waals surface area contributed by atoms with Gasteiger partial charge >= 0.3 is 0 Å². The Balaban J connectivity index is 2.14. The van der Waals surface area contributed by atoms with Gasteiger partial charge in [-0.25, -0.2) is 0 Å². The highest BCUT2D eigenvalue weighted by Gasteiger charge is 2.39. The molecule has 1 heteroatoms. The molecule has 1 nitrogen and oxygen atoms in total. The molecule has 2 aliphatic carbocycles. The minimum atomic E-state index is 0.247. The molecular formula is C15H18O. The Bertz CT molecular complexity index is 462. The first-order valence-corrected chi connectivity index (χ1v) is 6.04. The maximum absolute atomic E-state index is 5.65. The fourth-order valence-electron chi connectivity index (χ4n) is 3.22. The lowest BCUT2D eigenvalue weighted by Gasteiger charge is -2.38. The molecule has 1 aromatic heterocycles. The smallest absolute Gasteiger partial charge is 0.117 e. The highest BCUT2D eigenvalue weighted by Crippen LogP contribution is 2.49. The van der Waals surface area contributed by atoms with E-state index in [1.807, 2.05) is 6.26 Å². The standard InChI is InChI=1S/C15H18O/c1-10-12-6-8-15(2,3)13(10)5-4-11-7-9-16-14(11)12/h6-9,12-13H,1,4-5H2,2-3H3. The quantitative estimate of drug-likeness (QED) is 0.593. The second-order valence-corrected chi connectivity index (χ2v) is 5.63. The van der Waals surface area contributed by atoms with Crippen LogP contribution in [0.15, 0.2) is 41.1 Å². The van der Waals surface area contributed by atoms with Crippen molar-refractivity contribution in [2.45, 2.75) is 32.6 Å². The van der Waals surface area contributed by atoms with E-state index in [9.17, 15) is 0 Å². The van der Waals surface area contributed by atoms with Gasteiger partial charge in [-0.2, -0.15) is 0 Å². The van der Waals surface area contributed by atoms with Crippen LogP contribution >= 0.6 is 0 Å². The SMILES string of the molecule is C=C1C2C=CC(C)(C)C1CCc1ccoc12. The van der Waals surface area contributed by atoms with Crippen LogP contribution in [0.4, 0.5) is 0 Å². The van der Waals surface area contributed by atoms with Crippen molar-refractivity contribution >= 4 is 0 Å². The lowest BCUT2D eigenvalue weighted by molar-refractivity contribution is 0.292. The first-order chi connectivity index (χ1) is 7.59. The third kappa shape index (κ3) is 1.24. The third-order valence-corrected chi connectivity index (χ3v) is 4.23. The van der Waals surface area contributed by atoms with E-state index in [4.69, 9.17) is 4.42 Å². The molecule has 2 aliphatic rings. The van der Waals surface area contributed by atoms with Gasteiger partial charge in [0.2, 0.25) is 0 Å². The number of hydrogen-bond acceptors (Lipinski definition) is 1. The zero-order valence-electron chi connectivity index (χ0n) is 9.99. The fourth-order valence-corrected chi connectivity index (χ4v) is 3.22. The van der Waals surface area contributed by atoms with Crippen molar-refractivity contribution in [3.05, 3.63) is 48.0 Å². The van der Waals surface area contributed by atoms with Gasteiger partial charge in [0.15, 0.2) is 0 Å². The molecule has 2 atom stereocenters. The molecule has 0 amide bonds. The second-order valence-electron chi connectivity index (χ2n) is 5.63. The molecule has 0 saturated heterocycles. The molecular weight excluding hydrogens is 196 g/mol. The summed E-state index contributed by atoms with van der Waals surface area (Å²) in [5.41, 5.74) is 2.95. The molecule has 0 spiro atoms. The van der Waals surface area contributed by atoms with Crippen LogP contribution in [0.1, 0.15) is 37.5 Å². The molecule has 0 N–H and O–H groups in total. The Hall–Kier alpha value is -1.24. The summed E-state index contributed by atoms with van der Waals surface area (Å²) in [5, 5.41) is 0. The van der Waals surface area contributed by atoms with Gasteiger partial charge in [0.05, 0.1) is 12.2 Å². The van der Waals surface area contributed by atoms with Gasteiger partial charge in [-0.15, -0.1) is 0 Å². The van der Waals surface area contributed by atoms with Crippen LogP contribution in [-0.2, 0) is 6.42 Å². The Morgan fingerprint density at radius 2 is 2.25 bits per heavy atom. The van der Waals surface area contributed by atoms with E-state index < -0.39 is 0 Å². The molecule has 0 aliphatic heterocycles. The Morgan fingerprint density at radius 3 is 3.06 bits per heavy atom. The number of fused-ring (bicyclic) bond motifs is 4.